The predicted molar refractivity (Wildman–Crippen MR) is 20.3 cm³/mol. The van der Waals surface area contributed by atoms with Crippen molar-refractivity contribution >= 4 is 26.7 Å². The van der Waals surface area contributed by atoms with Crippen molar-refractivity contribution < 1.29 is 34.3 Å². The van der Waals surface area contributed by atoms with Crippen LogP contribution in [0, 0.1) is 0 Å². The van der Waals surface area contributed by atoms with Crippen molar-refractivity contribution in [1.29, 1.82) is 0 Å². The number of rotatable bonds is 1. The fourth-order valence-electron chi connectivity index (χ4n) is 0. The van der Waals surface area contributed by atoms with Gasteiger partial charge in [0.15, 0.2) is 0 Å². The van der Waals surface area contributed by atoms with E-state index in [4.69, 9.17) is 9.79 Å². The summed E-state index contributed by atoms with van der Waals surface area (Å²) in [7, 11) is -4.23. The minimum atomic E-state index is -4.23. The summed E-state index contributed by atoms with van der Waals surface area (Å²) in [5.41, 5.74) is 0. The van der Waals surface area contributed by atoms with Crippen LogP contribution in [-0.4, -0.2) is 28.6 Å². The van der Waals surface area contributed by atoms with Crippen molar-refractivity contribution in [2.75, 3.05) is 0 Å². The van der Waals surface area contributed by atoms with E-state index < -0.39 is 7.82 Å². The normalized spacial score (nSPS) is 10.1. The van der Waals surface area contributed by atoms with Crippen molar-refractivity contribution in [3.05, 3.63) is 0 Å². The molecule has 0 aliphatic rings. The molecule has 0 atom stereocenters. The van der Waals surface area contributed by atoms with E-state index in [2.05, 4.69) is 19.9 Å². The van der Waals surface area contributed by atoms with E-state index in [1.54, 1.807) is 0 Å². The zero-order valence-corrected chi connectivity index (χ0v) is 4.61. The van der Waals surface area contributed by atoms with Crippen molar-refractivity contribution in [2.24, 2.45) is 0 Å². The van der Waals surface area contributed by atoms with Gasteiger partial charge in [-0.25, -0.2) is 0 Å². The number of phosphoric acid groups is 1. The van der Waals surface area contributed by atoms with Gasteiger partial charge >= 0.3 is 61.0 Å². The van der Waals surface area contributed by atoms with Gasteiger partial charge < -0.3 is 0 Å². The van der Waals surface area contributed by atoms with Gasteiger partial charge in [0.1, 0.15) is 0 Å². The van der Waals surface area contributed by atoms with Crippen LogP contribution >= 0.6 is 7.82 Å². The summed E-state index contributed by atoms with van der Waals surface area (Å²) in [5, 5.41) is 0. The van der Waals surface area contributed by atoms with E-state index in [1.165, 1.54) is 0 Å². The third kappa shape index (κ3) is 11.1. The van der Waals surface area contributed by atoms with Crippen molar-refractivity contribution in [3.63, 3.8) is 0 Å². The molecule has 0 aliphatic carbocycles. The maximum atomic E-state index is 9.43. The second-order valence-electron chi connectivity index (χ2n) is 0.560. The van der Waals surface area contributed by atoms with Gasteiger partial charge in [-0.3, -0.25) is 0 Å². The fourth-order valence-corrected chi connectivity index (χ4v) is 0. The zero-order chi connectivity index (χ0) is 5.21. The van der Waals surface area contributed by atoms with Crippen molar-refractivity contribution in [3.8, 4) is 0 Å². The first-order valence-electron chi connectivity index (χ1n) is 0.919. The Morgan fingerprint density at radius 3 is 1.71 bits per heavy atom. The molecule has 0 saturated heterocycles. The van der Waals surface area contributed by atoms with E-state index in [0.717, 1.165) is 0 Å². The first-order chi connectivity index (χ1) is 2.56. The third-order valence-electron chi connectivity index (χ3n) is 0.0899. The first-order valence-corrected chi connectivity index (χ1v) is 2.93. The molecule has 0 rings (SSSR count). The molecule has 0 aromatic rings. The van der Waals surface area contributed by atoms with E-state index >= 15 is 0 Å². The van der Waals surface area contributed by atoms with Gasteiger partial charge in [0, 0.05) is 0 Å². The summed E-state index contributed by atoms with van der Waals surface area (Å²) in [6.45, 7) is 0. The first kappa shape index (κ1) is 11.1. The van der Waals surface area contributed by atoms with Crippen LogP contribution in [0.25, 0.3) is 0 Å². The molecule has 0 heterocycles. The van der Waals surface area contributed by atoms with Crippen LogP contribution in [-0.2, 0) is 24.5 Å². The molecule has 40 valence electrons. The molecule has 0 aromatic heterocycles. The Bertz CT molecular complexity index is 75.8. The van der Waals surface area contributed by atoms with Crippen LogP contribution in [0.5, 0.6) is 0 Å². The molecular weight excluding hydrogens is 157 g/mol. The summed E-state index contributed by atoms with van der Waals surface area (Å²) in [6, 6.07) is 0. The van der Waals surface area contributed by atoms with E-state index in [1.807, 2.05) is 0 Å². The monoisotopic (exact) mass is 160 g/mol. The van der Waals surface area contributed by atoms with Crippen LogP contribution in [0.4, 0.5) is 0 Å². The van der Waals surface area contributed by atoms with Crippen LogP contribution in [0.1, 0.15) is 0 Å². The van der Waals surface area contributed by atoms with E-state index in [9.17, 15) is 4.57 Å². The van der Waals surface area contributed by atoms with E-state index in [0.29, 0.717) is 0 Å². The Kier molecular flexibility index (Phi) is 6.55. The number of hydrogen-bond donors (Lipinski definition) is 2. The average Bonchev–Trinajstić information content (AvgIpc) is 1.35. The molecule has 0 saturated carbocycles. The topological polar surface area (TPSA) is 66.8 Å². The SMILES string of the molecule is O=P(O)(O)[O][Mn].[LiH]. The summed E-state index contributed by atoms with van der Waals surface area (Å²) in [6.07, 6.45) is 0. The van der Waals surface area contributed by atoms with Gasteiger partial charge in [-0.05, 0) is 0 Å². The van der Waals surface area contributed by atoms with E-state index in [-0.39, 0.29) is 18.9 Å². The third-order valence-corrected chi connectivity index (χ3v) is 1.11. The molecule has 2 N–H and O–H groups in total. The summed E-state index contributed by atoms with van der Waals surface area (Å²) >= 11 is 2.11. The van der Waals surface area contributed by atoms with Crippen molar-refractivity contribution in [1.82, 2.24) is 0 Å². The molecule has 0 fully saturated rings. The second kappa shape index (κ2) is 4.14. The Balaban J connectivity index is 0. The molecule has 7 heavy (non-hydrogen) atoms. The van der Waals surface area contributed by atoms with Crippen LogP contribution in [0.3, 0.4) is 0 Å². The molecule has 0 aromatic carbocycles. The Hall–Kier alpha value is 1.23. The fraction of sp³-hybridized carbons (Fsp3) is 0. The Labute approximate surface area is 61.2 Å². The number of hydrogen-bond acceptors (Lipinski definition) is 2. The molecule has 0 unspecified atom stereocenters. The quantitative estimate of drug-likeness (QED) is 0.377. The summed E-state index contributed by atoms with van der Waals surface area (Å²) < 4.78 is 12.8. The molecule has 7 heteroatoms. The molecule has 4 nitrogen and oxygen atoms in total. The minimum absolute atomic E-state index is 0. The zero-order valence-electron chi connectivity index (χ0n) is 2.54. The van der Waals surface area contributed by atoms with Gasteiger partial charge in [-0.1, -0.05) is 0 Å². The van der Waals surface area contributed by atoms with Gasteiger partial charge in [-0.15, -0.1) is 0 Å². The van der Waals surface area contributed by atoms with Gasteiger partial charge in [0.05, 0.1) is 0 Å². The van der Waals surface area contributed by atoms with Crippen LogP contribution < -0.4 is 0 Å². The maximum absolute atomic E-state index is 9.43. The van der Waals surface area contributed by atoms with Gasteiger partial charge in [-0.2, -0.15) is 0 Å². The standard InChI is InChI=1S/Li.Mn.H3O4P.H/c;;1-5(2,3)4;/h;;(H3,1,2,3,4);/q;+1;;/p-1. The Morgan fingerprint density at radius 1 is 1.57 bits per heavy atom. The molecular formula is H3LiMnO4P. The van der Waals surface area contributed by atoms with Gasteiger partial charge in [0.2, 0.25) is 0 Å². The van der Waals surface area contributed by atoms with Crippen LogP contribution in [0.15, 0.2) is 0 Å². The average molecular weight is 160 g/mol. The molecule has 0 radical (unpaired) electrons. The van der Waals surface area contributed by atoms with Crippen molar-refractivity contribution in [2.45, 2.75) is 0 Å². The molecule has 0 spiro atoms. The summed E-state index contributed by atoms with van der Waals surface area (Å²) in [4.78, 5) is 15.3. The summed E-state index contributed by atoms with van der Waals surface area (Å²) in [5.74, 6) is 0. The van der Waals surface area contributed by atoms with Gasteiger partial charge in [0.25, 0.3) is 0 Å². The van der Waals surface area contributed by atoms with Crippen LogP contribution in [0.2, 0.25) is 0 Å². The predicted octanol–water partition coefficient (Wildman–Crippen LogP) is -1.09. The molecule has 0 amide bonds. The second-order valence-corrected chi connectivity index (χ2v) is 2.33. The molecule has 0 aliphatic heterocycles. The molecule has 0 bridgehead atoms. The Morgan fingerprint density at radius 2 is 1.71 bits per heavy atom.